The zero-order valence-corrected chi connectivity index (χ0v) is 15.6. The number of aromatic carboxylic acids is 1. The van der Waals surface area contributed by atoms with Gasteiger partial charge in [-0.3, -0.25) is 4.79 Å². The summed E-state index contributed by atoms with van der Waals surface area (Å²) in [5.74, 6) is -0.620. The second-order valence-electron chi connectivity index (χ2n) is 8.59. The van der Waals surface area contributed by atoms with Gasteiger partial charge >= 0.3 is 5.97 Å². The molecule has 0 bridgehead atoms. The van der Waals surface area contributed by atoms with Crippen LogP contribution in [0.25, 0.3) is 10.9 Å². The second kappa shape index (κ2) is 5.58. The Kier molecular flexibility index (Phi) is 3.47. The van der Waals surface area contributed by atoms with Crippen LogP contribution >= 0.6 is 0 Å². The Hall–Kier alpha value is -2.34. The van der Waals surface area contributed by atoms with E-state index in [-0.39, 0.29) is 16.5 Å². The molecule has 6 heteroatoms. The fraction of sp³-hybridized carbons (Fsp3) is 0.524. The number of hydrogen-bond acceptors (Lipinski definition) is 4. The smallest absolute Gasteiger partial charge is 0.341 e. The minimum atomic E-state index is -1.15. The van der Waals surface area contributed by atoms with Crippen LogP contribution < -0.4 is 16.1 Å². The third-order valence-electron chi connectivity index (χ3n) is 6.76. The lowest BCUT2D eigenvalue weighted by Crippen LogP contribution is -2.34. The van der Waals surface area contributed by atoms with Crippen molar-refractivity contribution >= 4 is 22.6 Å². The van der Waals surface area contributed by atoms with Crippen molar-refractivity contribution in [2.75, 3.05) is 18.0 Å². The van der Waals surface area contributed by atoms with Crippen LogP contribution in [0.4, 0.5) is 5.69 Å². The van der Waals surface area contributed by atoms with Crippen LogP contribution in [-0.4, -0.2) is 34.3 Å². The Morgan fingerprint density at radius 3 is 2.63 bits per heavy atom. The molecule has 0 spiro atoms. The maximum Gasteiger partial charge on any atom is 0.341 e. The third kappa shape index (κ3) is 2.57. The lowest BCUT2D eigenvalue weighted by atomic mass is 9.97. The monoisotopic (exact) mass is 367 g/mol. The van der Waals surface area contributed by atoms with Gasteiger partial charge in [0.2, 0.25) is 5.43 Å². The van der Waals surface area contributed by atoms with Gasteiger partial charge in [0, 0.05) is 41.9 Å². The van der Waals surface area contributed by atoms with Gasteiger partial charge in [0.05, 0.1) is 5.52 Å². The molecule has 2 heterocycles. The molecule has 0 unspecified atom stereocenters. The second-order valence-corrected chi connectivity index (χ2v) is 8.59. The van der Waals surface area contributed by atoms with Crippen LogP contribution in [0, 0.1) is 12.8 Å². The number of rotatable bonds is 4. The standard InChI is InChI=1S/C21H25N3O3/c1-12-17(23-9-6-13(10-23)21(22)7-8-21)5-4-15-18(12)24(14-2-3-14)11-16(19(15)25)20(26)27/h4-5,11,13-14H,2-3,6-10,22H2,1H3,(H,26,27)/t13-/m1/s1. The predicted molar refractivity (Wildman–Crippen MR) is 105 cm³/mol. The number of pyridine rings is 1. The summed E-state index contributed by atoms with van der Waals surface area (Å²) >= 11 is 0. The largest absolute Gasteiger partial charge is 0.477 e. The molecule has 2 saturated carbocycles. The third-order valence-corrected chi connectivity index (χ3v) is 6.76. The topological polar surface area (TPSA) is 88.6 Å². The van der Waals surface area contributed by atoms with Gasteiger partial charge in [-0.1, -0.05) is 0 Å². The molecule has 6 nitrogen and oxygen atoms in total. The number of aromatic nitrogens is 1. The summed E-state index contributed by atoms with van der Waals surface area (Å²) in [6.07, 6.45) is 6.97. The van der Waals surface area contributed by atoms with E-state index in [1.54, 1.807) is 6.20 Å². The highest BCUT2D eigenvalue weighted by molar-refractivity contribution is 5.95. The number of anilines is 1. The van der Waals surface area contributed by atoms with Crippen LogP contribution in [0.3, 0.4) is 0 Å². The van der Waals surface area contributed by atoms with E-state index in [0.717, 1.165) is 62.0 Å². The first-order valence-electron chi connectivity index (χ1n) is 9.84. The molecule has 1 aliphatic heterocycles. The molecule has 2 aliphatic carbocycles. The number of carbonyl (C=O) groups is 1. The molecule has 1 saturated heterocycles. The quantitative estimate of drug-likeness (QED) is 0.867. The highest BCUT2D eigenvalue weighted by atomic mass is 16.4. The van der Waals surface area contributed by atoms with Crippen molar-refractivity contribution in [2.24, 2.45) is 11.7 Å². The molecular formula is C21H25N3O3. The zero-order chi connectivity index (χ0) is 18.9. The Balaban J connectivity index is 1.63. The first kappa shape index (κ1) is 16.8. The van der Waals surface area contributed by atoms with E-state index in [2.05, 4.69) is 11.8 Å². The SMILES string of the molecule is Cc1c(N2CC[C@@H](C3(N)CC3)C2)ccc2c(=O)c(C(=O)O)cn(C3CC3)c12. The van der Waals surface area contributed by atoms with Crippen molar-refractivity contribution < 1.29 is 9.90 Å². The lowest BCUT2D eigenvalue weighted by molar-refractivity contribution is 0.0695. The highest BCUT2D eigenvalue weighted by Crippen LogP contribution is 2.45. The predicted octanol–water partition coefficient (Wildman–Crippen LogP) is 2.66. The van der Waals surface area contributed by atoms with Gasteiger partial charge in [0.15, 0.2) is 0 Å². The van der Waals surface area contributed by atoms with Crippen molar-refractivity contribution in [1.29, 1.82) is 0 Å². The molecule has 5 rings (SSSR count). The number of benzene rings is 1. The van der Waals surface area contributed by atoms with Crippen LogP contribution in [0.2, 0.25) is 0 Å². The van der Waals surface area contributed by atoms with Gasteiger partial charge < -0.3 is 20.3 Å². The molecule has 1 aromatic carbocycles. The first-order chi connectivity index (χ1) is 12.9. The molecule has 27 heavy (non-hydrogen) atoms. The van der Waals surface area contributed by atoms with E-state index in [9.17, 15) is 14.7 Å². The lowest BCUT2D eigenvalue weighted by Gasteiger charge is -2.25. The van der Waals surface area contributed by atoms with E-state index in [1.165, 1.54) is 0 Å². The molecule has 1 aromatic heterocycles. The van der Waals surface area contributed by atoms with Crippen molar-refractivity contribution in [3.05, 3.63) is 39.7 Å². The van der Waals surface area contributed by atoms with Crippen molar-refractivity contribution in [3.63, 3.8) is 0 Å². The zero-order valence-electron chi connectivity index (χ0n) is 15.6. The summed E-state index contributed by atoms with van der Waals surface area (Å²) < 4.78 is 2.03. The van der Waals surface area contributed by atoms with Crippen LogP contribution in [0.1, 0.15) is 54.1 Å². The molecule has 1 atom stereocenters. The van der Waals surface area contributed by atoms with Crippen LogP contribution in [0.15, 0.2) is 23.1 Å². The molecular weight excluding hydrogens is 342 g/mol. The van der Waals surface area contributed by atoms with Crippen molar-refractivity contribution in [1.82, 2.24) is 4.57 Å². The van der Waals surface area contributed by atoms with E-state index >= 15 is 0 Å². The van der Waals surface area contributed by atoms with Crippen molar-refractivity contribution in [3.8, 4) is 0 Å². The fourth-order valence-corrected chi connectivity index (χ4v) is 4.75. The number of nitrogens with zero attached hydrogens (tertiary/aromatic N) is 2. The van der Waals surface area contributed by atoms with Crippen molar-refractivity contribution in [2.45, 2.75) is 50.6 Å². The summed E-state index contributed by atoms with van der Waals surface area (Å²) in [6, 6.07) is 4.10. The minimum absolute atomic E-state index is 0.0337. The maximum atomic E-state index is 12.7. The fourth-order valence-electron chi connectivity index (χ4n) is 4.75. The number of carboxylic acids is 1. The molecule has 3 aliphatic rings. The normalized spacial score (nSPS) is 23.8. The summed E-state index contributed by atoms with van der Waals surface area (Å²) in [6.45, 7) is 4.00. The van der Waals surface area contributed by atoms with Crippen LogP contribution in [-0.2, 0) is 0 Å². The number of hydrogen-bond donors (Lipinski definition) is 2. The molecule has 3 fully saturated rings. The molecule has 0 amide bonds. The summed E-state index contributed by atoms with van der Waals surface area (Å²) in [7, 11) is 0. The van der Waals surface area contributed by atoms with Gasteiger partial charge in [-0.2, -0.15) is 0 Å². The van der Waals surface area contributed by atoms with Gasteiger partial charge in [0.25, 0.3) is 0 Å². The van der Waals surface area contributed by atoms with Gasteiger partial charge in [-0.05, 0) is 62.6 Å². The summed E-state index contributed by atoms with van der Waals surface area (Å²) in [5.41, 5.74) is 9.04. The van der Waals surface area contributed by atoms with E-state index in [1.807, 2.05) is 16.7 Å². The number of fused-ring (bicyclic) bond motifs is 1. The molecule has 142 valence electrons. The number of carboxylic acid groups (broad SMARTS) is 1. The summed E-state index contributed by atoms with van der Waals surface area (Å²) in [5, 5.41) is 9.94. The van der Waals surface area contributed by atoms with Gasteiger partial charge in [-0.15, -0.1) is 0 Å². The van der Waals surface area contributed by atoms with E-state index < -0.39 is 5.97 Å². The average molecular weight is 367 g/mol. The number of nitrogens with two attached hydrogens (primary N) is 1. The maximum absolute atomic E-state index is 12.7. The molecule has 0 radical (unpaired) electrons. The Bertz CT molecular complexity index is 1020. The van der Waals surface area contributed by atoms with Gasteiger partial charge in [-0.25, -0.2) is 4.79 Å². The highest BCUT2D eigenvalue weighted by Gasteiger charge is 2.48. The average Bonchev–Trinajstić information content (AvgIpc) is 3.56. The van der Waals surface area contributed by atoms with E-state index in [4.69, 9.17) is 5.73 Å². The Morgan fingerprint density at radius 2 is 2.00 bits per heavy atom. The molecule has 3 N–H and O–H groups in total. The molecule has 2 aromatic rings. The first-order valence-corrected chi connectivity index (χ1v) is 9.84. The summed E-state index contributed by atoms with van der Waals surface area (Å²) in [4.78, 5) is 26.6. The van der Waals surface area contributed by atoms with E-state index in [0.29, 0.717) is 17.3 Å². The number of aryl methyl sites for hydroxylation is 1. The Labute approximate surface area is 157 Å². The minimum Gasteiger partial charge on any atom is -0.477 e. The van der Waals surface area contributed by atoms with Gasteiger partial charge in [0.1, 0.15) is 5.56 Å². The van der Waals surface area contributed by atoms with Crippen LogP contribution in [0.5, 0.6) is 0 Å². The Morgan fingerprint density at radius 1 is 1.26 bits per heavy atom.